The first-order chi connectivity index (χ1) is 18.4. The molecule has 2 unspecified atom stereocenters. The van der Waals surface area contributed by atoms with Crippen LogP contribution in [0.4, 0.5) is 0 Å². The van der Waals surface area contributed by atoms with E-state index in [-0.39, 0.29) is 0 Å². The van der Waals surface area contributed by atoms with Crippen molar-refractivity contribution in [3.8, 4) is 0 Å². The topological polar surface area (TPSA) is 64.5 Å². The van der Waals surface area contributed by atoms with Gasteiger partial charge in [0.1, 0.15) is 0 Å². The van der Waals surface area contributed by atoms with Gasteiger partial charge in [0.15, 0.2) is 0 Å². The zero-order valence-electron chi connectivity index (χ0n) is 26.7. The molecule has 0 aliphatic heterocycles. The Hall–Kier alpha value is -0.160. The van der Waals surface area contributed by atoms with Gasteiger partial charge in [0.05, 0.1) is 11.2 Å². The van der Waals surface area contributed by atoms with E-state index in [1.165, 1.54) is 103 Å². The molecule has 0 aromatic carbocycles. The molecule has 0 saturated carbocycles. The molecular formula is C34H72N2O2. The number of unbranched alkanes of at least 4 members (excludes halogenated alkanes) is 16. The summed E-state index contributed by atoms with van der Waals surface area (Å²) >= 11 is 0. The number of aliphatic hydroxyl groups is 2. The maximum atomic E-state index is 11.4. The van der Waals surface area contributed by atoms with Crippen LogP contribution >= 0.6 is 0 Å². The maximum absolute atomic E-state index is 11.4. The molecule has 0 aliphatic rings. The minimum Gasteiger partial charge on any atom is -0.389 e. The van der Waals surface area contributed by atoms with Crippen LogP contribution in [0.25, 0.3) is 0 Å². The molecule has 0 radical (unpaired) electrons. The predicted molar refractivity (Wildman–Crippen MR) is 169 cm³/mol. The van der Waals surface area contributed by atoms with Crippen molar-refractivity contribution in [2.75, 3.05) is 26.2 Å². The molecule has 0 heterocycles. The standard InChI is InChI=1S/C34H72N2O2/c1-5-9-13-17-19-23-27-33(37,25-21-15-11-7-3)31-35-29-30-36-32-34(38,26-22-16-12-8-4)28-24-20-18-14-10-6-2/h35-38H,5-32H2,1-4H3. The molecule has 0 amide bonds. The average molecular weight is 541 g/mol. The highest BCUT2D eigenvalue weighted by Crippen LogP contribution is 2.24. The predicted octanol–water partition coefficient (Wildman–Crippen LogP) is 9.07. The van der Waals surface area contributed by atoms with E-state index in [9.17, 15) is 10.2 Å². The summed E-state index contributed by atoms with van der Waals surface area (Å²) in [5.41, 5.74) is -1.15. The third kappa shape index (κ3) is 23.7. The smallest absolute Gasteiger partial charge is 0.0771 e. The number of hydrogen-bond acceptors (Lipinski definition) is 4. The van der Waals surface area contributed by atoms with Gasteiger partial charge < -0.3 is 20.8 Å². The summed E-state index contributed by atoms with van der Waals surface area (Å²) in [6.45, 7) is 12.1. The SMILES string of the molecule is CCCCCCCCC(O)(CCCCCC)CNCCNCC(O)(CCCCCC)CCCCCCCC. The van der Waals surface area contributed by atoms with Crippen molar-refractivity contribution < 1.29 is 10.2 Å². The molecule has 0 fully saturated rings. The quantitative estimate of drug-likeness (QED) is 0.0662. The summed E-state index contributed by atoms with van der Waals surface area (Å²) in [6.07, 6.45) is 28.7. The van der Waals surface area contributed by atoms with Gasteiger partial charge in [-0.1, -0.05) is 156 Å². The lowest BCUT2D eigenvalue weighted by atomic mass is 9.89. The molecule has 0 rings (SSSR count). The van der Waals surface area contributed by atoms with Gasteiger partial charge in [-0.25, -0.2) is 0 Å². The van der Waals surface area contributed by atoms with Crippen LogP contribution in [0, 0.1) is 0 Å². The van der Waals surface area contributed by atoms with Crippen LogP contribution in [-0.4, -0.2) is 47.6 Å². The lowest BCUT2D eigenvalue weighted by Gasteiger charge is -2.30. The van der Waals surface area contributed by atoms with Crippen molar-refractivity contribution in [3.63, 3.8) is 0 Å². The second-order valence-electron chi connectivity index (χ2n) is 12.5. The van der Waals surface area contributed by atoms with E-state index in [1.807, 2.05) is 0 Å². The van der Waals surface area contributed by atoms with Crippen LogP contribution in [0.3, 0.4) is 0 Å². The van der Waals surface area contributed by atoms with E-state index >= 15 is 0 Å². The van der Waals surface area contributed by atoms with E-state index in [0.717, 1.165) is 64.5 Å². The second kappa shape index (κ2) is 27.0. The Bertz CT molecular complexity index is 433. The Balaban J connectivity index is 4.44. The van der Waals surface area contributed by atoms with E-state index in [1.54, 1.807) is 0 Å². The molecular weight excluding hydrogens is 468 g/mol. The van der Waals surface area contributed by atoms with E-state index in [2.05, 4.69) is 38.3 Å². The summed E-state index contributed by atoms with van der Waals surface area (Å²) in [4.78, 5) is 0. The van der Waals surface area contributed by atoms with Gasteiger partial charge in [-0.15, -0.1) is 0 Å². The maximum Gasteiger partial charge on any atom is 0.0771 e. The Morgan fingerprint density at radius 2 is 0.605 bits per heavy atom. The summed E-state index contributed by atoms with van der Waals surface area (Å²) in [5.74, 6) is 0. The van der Waals surface area contributed by atoms with Crippen LogP contribution in [0.5, 0.6) is 0 Å². The van der Waals surface area contributed by atoms with E-state index in [0.29, 0.717) is 13.1 Å². The van der Waals surface area contributed by atoms with Gasteiger partial charge in [0.25, 0.3) is 0 Å². The fourth-order valence-electron chi connectivity index (χ4n) is 5.65. The van der Waals surface area contributed by atoms with Crippen molar-refractivity contribution in [2.24, 2.45) is 0 Å². The largest absolute Gasteiger partial charge is 0.389 e. The molecule has 2 atom stereocenters. The van der Waals surface area contributed by atoms with Crippen molar-refractivity contribution >= 4 is 0 Å². The minimum atomic E-state index is -0.573. The van der Waals surface area contributed by atoms with Gasteiger partial charge in [-0.05, 0) is 25.7 Å². The first-order valence-corrected chi connectivity index (χ1v) is 17.3. The van der Waals surface area contributed by atoms with Gasteiger partial charge in [-0.3, -0.25) is 0 Å². The van der Waals surface area contributed by atoms with Crippen LogP contribution in [0.15, 0.2) is 0 Å². The fraction of sp³-hybridized carbons (Fsp3) is 1.00. The Labute approximate surface area is 239 Å². The zero-order valence-corrected chi connectivity index (χ0v) is 26.7. The monoisotopic (exact) mass is 541 g/mol. The Morgan fingerprint density at radius 1 is 0.368 bits per heavy atom. The molecule has 0 aromatic rings. The fourth-order valence-corrected chi connectivity index (χ4v) is 5.65. The van der Waals surface area contributed by atoms with Crippen LogP contribution in [-0.2, 0) is 0 Å². The highest BCUT2D eigenvalue weighted by Gasteiger charge is 2.26. The molecule has 0 spiro atoms. The lowest BCUT2D eigenvalue weighted by Crippen LogP contribution is -2.45. The lowest BCUT2D eigenvalue weighted by molar-refractivity contribution is 0.0149. The Kier molecular flexibility index (Phi) is 26.9. The summed E-state index contributed by atoms with van der Waals surface area (Å²) < 4.78 is 0. The van der Waals surface area contributed by atoms with Crippen molar-refractivity contribution in [1.82, 2.24) is 10.6 Å². The van der Waals surface area contributed by atoms with Crippen LogP contribution in [0.2, 0.25) is 0 Å². The van der Waals surface area contributed by atoms with E-state index in [4.69, 9.17) is 0 Å². The average Bonchev–Trinajstić information content (AvgIpc) is 2.91. The molecule has 4 N–H and O–H groups in total. The van der Waals surface area contributed by atoms with E-state index < -0.39 is 11.2 Å². The summed E-state index contributed by atoms with van der Waals surface area (Å²) in [5, 5.41) is 29.9. The third-order valence-electron chi connectivity index (χ3n) is 8.37. The number of nitrogens with one attached hydrogen (secondary N) is 2. The van der Waals surface area contributed by atoms with Crippen molar-refractivity contribution in [2.45, 2.75) is 193 Å². The van der Waals surface area contributed by atoms with Gasteiger partial charge >= 0.3 is 0 Å². The molecule has 4 heteroatoms. The normalized spacial score (nSPS) is 15.0. The molecule has 0 bridgehead atoms. The van der Waals surface area contributed by atoms with Gasteiger partial charge in [0, 0.05) is 26.2 Å². The molecule has 38 heavy (non-hydrogen) atoms. The highest BCUT2D eigenvalue weighted by atomic mass is 16.3. The van der Waals surface area contributed by atoms with Crippen molar-refractivity contribution in [3.05, 3.63) is 0 Å². The molecule has 4 nitrogen and oxygen atoms in total. The number of hydrogen-bond donors (Lipinski definition) is 4. The number of rotatable bonds is 31. The molecule has 0 aliphatic carbocycles. The molecule has 0 saturated heterocycles. The van der Waals surface area contributed by atoms with Gasteiger partial charge in [-0.2, -0.15) is 0 Å². The second-order valence-corrected chi connectivity index (χ2v) is 12.5. The molecule has 0 aromatic heterocycles. The van der Waals surface area contributed by atoms with Crippen molar-refractivity contribution in [1.29, 1.82) is 0 Å². The highest BCUT2D eigenvalue weighted by molar-refractivity contribution is 4.83. The third-order valence-corrected chi connectivity index (χ3v) is 8.37. The summed E-state index contributed by atoms with van der Waals surface area (Å²) in [7, 11) is 0. The summed E-state index contributed by atoms with van der Waals surface area (Å²) in [6, 6.07) is 0. The first kappa shape index (κ1) is 37.8. The van der Waals surface area contributed by atoms with Crippen LogP contribution < -0.4 is 10.6 Å². The van der Waals surface area contributed by atoms with Gasteiger partial charge in [0.2, 0.25) is 0 Å². The Morgan fingerprint density at radius 3 is 0.895 bits per heavy atom. The first-order valence-electron chi connectivity index (χ1n) is 17.3. The minimum absolute atomic E-state index is 0.573. The van der Waals surface area contributed by atoms with Crippen LogP contribution in [0.1, 0.15) is 182 Å². The zero-order chi connectivity index (χ0) is 28.2. The molecule has 230 valence electrons.